The summed E-state index contributed by atoms with van der Waals surface area (Å²) >= 11 is 0. The third kappa shape index (κ3) is 5.07. The van der Waals surface area contributed by atoms with Gasteiger partial charge in [0.1, 0.15) is 6.73 Å². The Morgan fingerprint density at radius 1 is 1.50 bits per heavy atom. The summed E-state index contributed by atoms with van der Waals surface area (Å²) in [5.74, 6) is 0.599. The van der Waals surface area contributed by atoms with Crippen LogP contribution in [0.4, 0.5) is 0 Å². The molecule has 0 fully saturated rings. The van der Waals surface area contributed by atoms with Gasteiger partial charge in [-0.25, -0.2) is 0 Å². The van der Waals surface area contributed by atoms with E-state index in [1.54, 1.807) is 0 Å². The summed E-state index contributed by atoms with van der Waals surface area (Å²) in [5, 5.41) is 11.6. The molecule has 0 radical (unpaired) electrons. The standard InChI is InChI=1S/C12H23NO/c1-5-10(3)11(4)7-8-12(6-2)13-9-14/h6,10,13-14H,4-5,7-9H2,1-3H3/b12-6+. The molecule has 2 nitrogen and oxygen atoms in total. The molecule has 0 aliphatic heterocycles. The average molecular weight is 197 g/mol. The van der Waals surface area contributed by atoms with Crippen LogP contribution in [0.3, 0.4) is 0 Å². The first-order valence-electron chi connectivity index (χ1n) is 5.33. The van der Waals surface area contributed by atoms with Crippen molar-refractivity contribution in [3.05, 3.63) is 23.9 Å². The zero-order chi connectivity index (χ0) is 11.0. The second kappa shape index (κ2) is 7.63. The molecule has 2 N–H and O–H groups in total. The van der Waals surface area contributed by atoms with Crippen molar-refractivity contribution in [2.75, 3.05) is 6.73 Å². The first-order valence-corrected chi connectivity index (χ1v) is 5.33. The molecule has 1 atom stereocenters. The molecule has 0 amide bonds. The van der Waals surface area contributed by atoms with Crippen molar-refractivity contribution in [3.63, 3.8) is 0 Å². The van der Waals surface area contributed by atoms with Crippen LogP contribution in [-0.4, -0.2) is 11.8 Å². The van der Waals surface area contributed by atoms with E-state index in [0.717, 1.165) is 25.0 Å². The topological polar surface area (TPSA) is 32.3 Å². The summed E-state index contributed by atoms with van der Waals surface area (Å²) in [5.41, 5.74) is 2.39. The Morgan fingerprint density at radius 2 is 2.14 bits per heavy atom. The Kier molecular flexibility index (Phi) is 7.21. The molecule has 0 aromatic rings. The van der Waals surface area contributed by atoms with E-state index in [4.69, 9.17) is 5.11 Å². The smallest absolute Gasteiger partial charge is 0.113 e. The van der Waals surface area contributed by atoms with E-state index in [2.05, 4.69) is 25.7 Å². The molecule has 14 heavy (non-hydrogen) atoms. The first kappa shape index (κ1) is 13.2. The van der Waals surface area contributed by atoms with Gasteiger partial charge in [0.05, 0.1) is 0 Å². The lowest BCUT2D eigenvalue weighted by Gasteiger charge is -2.14. The maximum absolute atomic E-state index is 8.71. The molecule has 0 spiro atoms. The lowest BCUT2D eigenvalue weighted by molar-refractivity contribution is 0.272. The molecule has 0 rings (SSSR count). The van der Waals surface area contributed by atoms with Crippen molar-refractivity contribution < 1.29 is 5.11 Å². The van der Waals surface area contributed by atoms with E-state index in [1.165, 1.54) is 5.57 Å². The van der Waals surface area contributed by atoms with Crippen molar-refractivity contribution in [1.29, 1.82) is 0 Å². The van der Waals surface area contributed by atoms with Gasteiger partial charge in [-0.15, -0.1) is 0 Å². The predicted molar refractivity (Wildman–Crippen MR) is 61.8 cm³/mol. The Labute approximate surface area is 87.7 Å². The molecule has 0 aliphatic rings. The van der Waals surface area contributed by atoms with Crippen molar-refractivity contribution in [1.82, 2.24) is 5.32 Å². The molecular formula is C12H23NO. The highest BCUT2D eigenvalue weighted by Crippen LogP contribution is 2.18. The fourth-order valence-electron chi connectivity index (χ4n) is 1.27. The minimum absolute atomic E-state index is 0.00941. The van der Waals surface area contributed by atoms with Gasteiger partial charge in [0.2, 0.25) is 0 Å². The summed E-state index contributed by atoms with van der Waals surface area (Å²) < 4.78 is 0. The third-order valence-electron chi connectivity index (χ3n) is 2.68. The monoisotopic (exact) mass is 197 g/mol. The summed E-state index contributed by atoms with van der Waals surface area (Å²) in [6, 6.07) is 0. The van der Waals surface area contributed by atoms with E-state index in [-0.39, 0.29) is 6.73 Å². The molecule has 0 aromatic heterocycles. The molecular weight excluding hydrogens is 174 g/mol. The highest BCUT2D eigenvalue weighted by atomic mass is 16.3. The lowest BCUT2D eigenvalue weighted by Crippen LogP contribution is -2.14. The fraction of sp³-hybridized carbons (Fsp3) is 0.667. The Balaban J connectivity index is 3.86. The maximum atomic E-state index is 8.71. The van der Waals surface area contributed by atoms with Crippen molar-refractivity contribution in [2.24, 2.45) is 5.92 Å². The molecule has 82 valence electrons. The normalized spacial score (nSPS) is 13.9. The maximum Gasteiger partial charge on any atom is 0.113 e. The van der Waals surface area contributed by atoms with Crippen LogP contribution in [0.1, 0.15) is 40.0 Å². The van der Waals surface area contributed by atoms with Gasteiger partial charge in [0.15, 0.2) is 0 Å². The minimum Gasteiger partial charge on any atom is -0.377 e. The summed E-state index contributed by atoms with van der Waals surface area (Å²) in [6.45, 7) is 10.4. The summed E-state index contributed by atoms with van der Waals surface area (Å²) in [4.78, 5) is 0. The predicted octanol–water partition coefficient (Wildman–Crippen LogP) is 2.81. The highest BCUT2D eigenvalue weighted by molar-refractivity contribution is 5.05. The Morgan fingerprint density at radius 3 is 2.57 bits per heavy atom. The van der Waals surface area contributed by atoms with Crippen LogP contribution in [0.15, 0.2) is 23.9 Å². The molecule has 0 saturated heterocycles. The van der Waals surface area contributed by atoms with Gasteiger partial charge in [-0.1, -0.05) is 32.1 Å². The van der Waals surface area contributed by atoms with Gasteiger partial charge in [-0.2, -0.15) is 0 Å². The quantitative estimate of drug-likeness (QED) is 0.486. The number of rotatable bonds is 7. The molecule has 0 heterocycles. The first-order chi connectivity index (χ1) is 6.65. The van der Waals surface area contributed by atoms with E-state index in [1.807, 2.05) is 13.0 Å². The van der Waals surface area contributed by atoms with E-state index >= 15 is 0 Å². The number of aliphatic hydroxyl groups is 1. The molecule has 0 bridgehead atoms. The van der Waals surface area contributed by atoms with E-state index in [0.29, 0.717) is 5.92 Å². The molecule has 2 heteroatoms. The largest absolute Gasteiger partial charge is 0.377 e. The van der Waals surface area contributed by atoms with Crippen molar-refractivity contribution in [2.45, 2.75) is 40.0 Å². The zero-order valence-corrected chi connectivity index (χ0v) is 9.64. The van der Waals surface area contributed by atoms with Gasteiger partial charge < -0.3 is 10.4 Å². The van der Waals surface area contributed by atoms with Crippen LogP contribution >= 0.6 is 0 Å². The number of nitrogens with one attached hydrogen (secondary N) is 1. The second-order valence-electron chi connectivity index (χ2n) is 3.62. The fourth-order valence-corrected chi connectivity index (χ4v) is 1.27. The van der Waals surface area contributed by atoms with Crippen molar-refractivity contribution in [3.8, 4) is 0 Å². The Bertz CT molecular complexity index is 196. The number of hydrogen-bond donors (Lipinski definition) is 2. The summed E-state index contributed by atoms with van der Waals surface area (Å²) in [6.07, 6.45) is 5.10. The van der Waals surface area contributed by atoms with Crippen LogP contribution in [0.25, 0.3) is 0 Å². The molecule has 0 aromatic carbocycles. The van der Waals surface area contributed by atoms with Gasteiger partial charge in [-0.3, -0.25) is 0 Å². The Hall–Kier alpha value is -0.760. The zero-order valence-electron chi connectivity index (χ0n) is 9.64. The number of aliphatic hydroxyl groups excluding tert-OH is 1. The summed E-state index contributed by atoms with van der Waals surface area (Å²) in [7, 11) is 0. The van der Waals surface area contributed by atoms with E-state index in [9.17, 15) is 0 Å². The van der Waals surface area contributed by atoms with Gasteiger partial charge in [-0.05, 0) is 32.1 Å². The molecule has 0 saturated carbocycles. The van der Waals surface area contributed by atoms with Crippen LogP contribution in [-0.2, 0) is 0 Å². The van der Waals surface area contributed by atoms with Crippen LogP contribution < -0.4 is 5.32 Å². The van der Waals surface area contributed by atoms with Crippen molar-refractivity contribution >= 4 is 0 Å². The van der Waals surface area contributed by atoms with Gasteiger partial charge in [0, 0.05) is 5.70 Å². The second-order valence-corrected chi connectivity index (χ2v) is 3.62. The minimum atomic E-state index is 0.00941. The van der Waals surface area contributed by atoms with Gasteiger partial charge in [0.25, 0.3) is 0 Å². The highest BCUT2D eigenvalue weighted by Gasteiger charge is 2.04. The molecule has 0 aliphatic carbocycles. The number of allylic oxidation sites excluding steroid dienone is 3. The van der Waals surface area contributed by atoms with E-state index < -0.39 is 0 Å². The lowest BCUT2D eigenvalue weighted by atomic mass is 9.95. The third-order valence-corrected chi connectivity index (χ3v) is 2.68. The van der Waals surface area contributed by atoms with Crippen LogP contribution in [0.5, 0.6) is 0 Å². The number of hydrogen-bond acceptors (Lipinski definition) is 2. The SMILES string of the molecule is C=C(CC/C(=C\C)NCO)C(C)CC. The van der Waals surface area contributed by atoms with Crippen LogP contribution in [0, 0.1) is 5.92 Å². The van der Waals surface area contributed by atoms with Crippen LogP contribution in [0.2, 0.25) is 0 Å². The average Bonchev–Trinajstić information content (AvgIpc) is 2.22. The molecule has 1 unspecified atom stereocenters. The van der Waals surface area contributed by atoms with Gasteiger partial charge >= 0.3 is 0 Å².